The summed E-state index contributed by atoms with van der Waals surface area (Å²) < 4.78 is 1.88. The smallest absolute Gasteiger partial charge is 0.251 e. The highest BCUT2D eigenvalue weighted by Gasteiger charge is 2.12. The molecule has 1 heterocycles. The summed E-state index contributed by atoms with van der Waals surface area (Å²) in [6.45, 7) is 10.3. The van der Waals surface area contributed by atoms with Gasteiger partial charge in [-0.2, -0.15) is 0 Å². The molecule has 1 aromatic carbocycles. The van der Waals surface area contributed by atoms with Gasteiger partial charge in [0.25, 0.3) is 5.56 Å². The predicted molar refractivity (Wildman–Crippen MR) is 85.1 cm³/mol. The molecule has 3 heteroatoms. The molecular formula is C17H24N2O. The molecule has 1 aromatic heterocycles. The molecule has 0 amide bonds. The Hall–Kier alpha value is -1.61. The SMILES string of the molecule is CC(CNC(C)(C)C)Cn1c(=O)ccc2ccccc21. The number of nitrogens with zero attached hydrogens (tertiary/aromatic N) is 1. The zero-order valence-corrected chi connectivity index (χ0v) is 12.8. The van der Waals surface area contributed by atoms with Gasteiger partial charge in [0, 0.05) is 18.2 Å². The Morgan fingerprint density at radius 2 is 1.85 bits per heavy atom. The third-order valence-corrected chi connectivity index (χ3v) is 3.37. The molecule has 1 N–H and O–H groups in total. The predicted octanol–water partition coefficient (Wildman–Crippen LogP) is 3.03. The maximum atomic E-state index is 12.1. The summed E-state index contributed by atoms with van der Waals surface area (Å²) in [7, 11) is 0. The van der Waals surface area contributed by atoms with E-state index in [9.17, 15) is 4.79 Å². The van der Waals surface area contributed by atoms with Crippen molar-refractivity contribution in [2.75, 3.05) is 6.54 Å². The van der Waals surface area contributed by atoms with Gasteiger partial charge < -0.3 is 9.88 Å². The van der Waals surface area contributed by atoms with E-state index in [0.717, 1.165) is 24.0 Å². The van der Waals surface area contributed by atoms with E-state index in [4.69, 9.17) is 0 Å². The zero-order valence-electron chi connectivity index (χ0n) is 12.8. The van der Waals surface area contributed by atoms with Gasteiger partial charge in [0.1, 0.15) is 0 Å². The van der Waals surface area contributed by atoms with Gasteiger partial charge in [0.15, 0.2) is 0 Å². The van der Waals surface area contributed by atoms with Crippen LogP contribution >= 0.6 is 0 Å². The van der Waals surface area contributed by atoms with Crippen LogP contribution < -0.4 is 10.9 Å². The van der Waals surface area contributed by atoms with E-state index in [1.807, 2.05) is 34.9 Å². The van der Waals surface area contributed by atoms with Crippen molar-refractivity contribution in [1.82, 2.24) is 9.88 Å². The highest BCUT2D eigenvalue weighted by Crippen LogP contribution is 2.12. The van der Waals surface area contributed by atoms with E-state index >= 15 is 0 Å². The molecule has 0 spiro atoms. The fourth-order valence-electron chi connectivity index (χ4n) is 2.29. The largest absolute Gasteiger partial charge is 0.312 e. The summed E-state index contributed by atoms with van der Waals surface area (Å²) in [5.41, 5.74) is 1.20. The second-order valence-electron chi connectivity index (χ2n) is 6.58. The minimum Gasteiger partial charge on any atom is -0.312 e. The molecule has 108 valence electrons. The van der Waals surface area contributed by atoms with Crippen LogP contribution in [0.1, 0.15) is 27.7 Å². The first kappa shape index (κ1) is 14.8. The van der Waals surface area contributed by atoms with Gasteiger partial charge in [-0.1, -0.05) is 25.1 Å². The van der Waals surface area contributed by atoms with Crippen LogP contribution in [0.15, 0.2) is 41.2 Å². The van der Waals surface area contributed by atoms with E-state index in [-0.39, 0.29) is 11.1 Å². The number of nitrogens with one attached hydrogen (secondary N) is 1. The average molecular weight is 272 g/mol. The molecule has 1 unspecified atom stereocenters. The van der Waals surface area contributed by atoms with Gasteiger partial charge in [-0.15, -0.1) is 0 Å². The molecule has 2 aromatic rings. The second kappa shape index (κ2) is 5.80. The Balaban J connectivity index is 2.21. The normalized spacial score (nSPS) is 13.6. The molecule has 1 atom stereocenters. The topological polar surface area (TPSA) is 34.0 Å². The molecule has 0 radical (unpaired) electrons. The highest BCUT2D eigenvalue weighted by atomic mass is 16.1. The van der Waals surface area contributed by atoms with Crippen molar-refractivity contribution in [3.05, 3.63) is 46.8 Å². The molecule has 0 saturated carbocycles. The molecule has 0 saturated heterocycles. The quantitative estimate of drug-likeness (QED) is 0.928. The molecule has 20 heavy (non-hydrogen) atoms. The van der Waals surface area contributed by atoms with Gasteiger partial charge in [0.2, 0.25) is 0 Å². The molecule has 0 aliphatic heterocycles. The van der Waals surface area contributed by atoms with E-state index in [2.05, 4.69) is 33.0 Å². The van der Waals surface area contributed by atoms with Gasteiger partial charge in [-0.05, 0) is 50.8 Å². The van der Waals surface area contributed by atoms with E-state index in [1.54, 1.807) is 6.07 Å². The second-order valence-corrected chi connectivity index (χ2v) is 6.58. The van der Waals surface area contributed by atoms with Crippen molar-refractivity contribution in [2.24, 2.45) is 5.92 Å². The number of para-hydroxylation sites is 1. The lowest BCUT2D eigenvalue weighted by molar-refractivity contribution is 0.360. The summed E-state index contributed by atoms with van der Waals surface area (Å²) in [6, 6.07) is 11.6. The van der Waals surface area contributed by atoms with E-state index < -0.39 is 0 Å². The Kier molecular flexibility index (Phi) is 4.29. The number of pyridine rings is 1. The maximum Gasteiger partial charge on any atom is 0.251 e. The Morgan fingerprint density at radius 3 is 2.55 bits per heavy atom. The van der Waals surface area contributed by atoms with Crippen LogP contribution in [0.2, 0.25) is 0 Å². The Labute approximate surface area is 120 Å². The maximum absolute atomic E-state index is 12.1. The summed E-state index contributed by atoms with van der Waals surface area (Å²) in [5.74, 6) is 0.401. The van der Waals surface area contributed by atoms with Crippen LogP contribution in [0, 0.1) is 5.92 Å². The molecule has 0 aliphatic carbocycles. The molecule has 0 bridgehead atoms. The van der Waals surface area contributed by atoms with Gasteiger partial charge in [-0.3, -0.25) is 4.79 Å². The first-order valence-electron chi connectivity index (χ1n) is 7.20. The van der Waals surface area contributed by atoms with Crippen LogP contribution in [-0.2, 0) is 6.54 Å². The van der Waals surface area contributed by atoms with Gasteiger partial charge >= 0.3 is 0 Å². The molecule has 3 nitrogen and oxygen atoms in total. The van der Waals surface area contributed by atoms with Crippen molar-refractivity contribution >= 4 is 10.9 Å². The number of rotatable bonds is 4. The molecule has 0 fully saturated rings. The third-order valence-electron chi connectivity index (χ3n) is 3.37. The molecular weight excluding hydrogens is 248 g/mol. The molecule has 2 rings (SSSR count). The fraction of sp³-hybridized carbons (Fsp3) is 0.471. The lowest BCUT2D eigenvalue weighted by atomic mass is 10.1. The average Bonchev–Trinajstić information content (AvgIpc) is 2.39. The lowest BCUT2D eigenvalue weighted by Crippen LogP contribution is -2.40. The highest BCUT2D eigenvalue weighted by molar-refractivity contribution is 5.78. The summed E-state index contributed by atoms with van der Waals surface area (Å²) in [6.07, 6.45) is 0. The van der Waals surface area contributed by atoms with Crippen LogP contribution in [0.25, 0.3) is 10.9 Å². The summed E-state index contributed by atoms with van der Waals surface area (Å²) in [5, 5.41) is 4.61. The monoisotopic (exact) mass is 272 g/mol. The van der Waals surface area contributed by atoms with Crippen molar-refractivity contribution < 1.29 is 0 Å². The van der Waals surface area contributed by atoms with Gasteiger partial charge in [-0.25, -0.2) is 0 Å². The zero-order chi connectivity index (χ0) is 14.8. The minimum absolute atomic E-state index is 0.0753. The third kappa shape index (κ3) is 3.70. The summed E-state index contributed by atoms with van der Waals surface area (Å²) >= 11 is 0. The number of hydrogen-bond donors (Lipinski definition) is 1. The number of hydrogen-bond acceptors (Lipinski definition) is 2. The number of fused-ring (bicyclic) bond motifs is 1. The Morgan fingerprint density at radius 1 is 1.15 bits per heavy atom. The summed E-state index contributed by atoms with van der Waals surface area (Å²) in [4.78, 5) is 12.1. The first-order valence-corrected chi connectivity index (χ1v) is 7.20. The Bertz CT molecular complexity index is 637. The van der Waals surface area contributed by atoms with Crippen molar-refractivity contribution in [2.45, 2.75) is 39.8 Å². The van der Waals surface area contributed by atoms with E-state index in [0.29, 0.717) is 5.92 Å². The number of benzene rings is 1. The fourth-order valence-corrected chi connectivity index (χ4v) is 2.29. The standard InChI is InChI=1S/C17H24N2O/c1-13(11-18-17(2,3)4)12-19-15-8-6-5-7-14(15)9-10-16(19)20/h5-10,13,18H,11-12H2,1-4H3. The van der Waals surface area contributed by atoms with Crippen molar-refractivity contribution in [3.63, 3.8) is 0 Å². The van der Waals surface area contributed by atoms with Crippen molar-refractivity contribution in [3.8, 4) is 0 Å². The van der Waals surface area contributed by atoms with Crippen molar-refractivity contribution in [1.29, 1.82) is 0 Å². The van der Waals surface area contributed by atoms with Crippen LogP contribution in [0.5, 0.6) is 0 Å². The minimum atomic E-state index is 0.0753. The first-order chi connectivity index (χ1) is 9.37. The van der Waals surface area contributed by atoms with Crippen LogP contribution in [0.3, 0.4) is 0 Å². The number of aromatic nitrogens is 1. The van der Waals surface area contributed by atoms with Crippen LogP contribution in [-0.4, -0.2) is 16.7 Å². The van der Waals surface area contributed by atoms with E-state index in [1.165, 1.54) is 0 Å². The van der Waals surface area contributed by atoms with Gasteiger partial charge in [0.05, 0.1) is 5.52 Å². The molecule has 0 aliphatic rings. The lowest BCUT2D eigenvalue weighted by Gasteiger charge is -2.24. The van der Waals surface area contributed by atoms with Crippen LogP contribution in [0.4, 0.5) is 0 Å².